The monoisotopic (exact) mass is 350 g/mol. The van der Waals surface area contributed by atoms with Crippen molar-refractivity contribution in [3.8, 4) is 0 Å². The molecule has 8 heteroatoms. The fourth-order valence-corrected chi connectivity index (χ4v) is 2.50. The van der Waals surface area contributed by atoms with Gasteiger partial charge in [0.2, 0.25) is 0 Å². The van der Waals surface area contributed by atoms with E-state index in [1.54, 1.807) is 18.7 Å². The van der Waals surface area contributed by atoms with Gasteiger partial charge in [-0.2, -0.15) is 11.8 Å². The number of carboxylic acids is 1. The first-order valence-corrected chi connectivity index (χ1v) is 7.79. The highest BCUT2D eigenvalue weighted by Gasteiger charge is 2.15. The molecule has 0 saturated carbocycles. The second kappa shape index (κ2) is 6.95. The molecule has 0 aromatic carbocycles. The standard InChI is InChI=1S/C11H15BrN2O4S/c1-7-9(12)10(17)13(4-3-5-19-2)11(18)14(7)6-8(15)16/h3-6H2,1-2H3,(H,15,16). The Morgan fingerprint density at radius 2 is 2.00 bits per heavy atom. The maximum Gasteiger partial charge on any atom is 0.331 e. The first kappa shape index (κ1) is 16.0. The van der Waals surface area contributed by atoms with Crippen molar-refractivity contribution in [3.05, 3.63) is 31.0 Å². The summed E-state index contributed by atoms with van der Waals surface area (Å²) in [5.41, 5.74) is -0.655. The van der Waals surface area contributed by atoms with Crippen LogP contribution in [0.3, 0.4) is 0 Å². The third kappa shape index (κ3) is 3.73. The minimum Gasteiger partial charge on any atom is -0.480 e. The Morgan fingerprint density at radius 1 is 1.37 bits per heavy atom. The third-order valence-electron chi connectivity index (χ3n) is 2.64. The van der Waals surface area contributed by atoms with Gasteiger partial charge in [0.15, 0.2) is 0 Å². The average Bonchev–Trinajstić information content (AvgIpc) is 2.36. The molecule has 0 aliphatic heterocycles. The summed E-state index contributed by atoms with van der Waals surface area (Å²) in [4.78, 5) is 34.9. The number of carboxylic acid groups (broad SMARTS) is 1. The van der Waals surface area contributed by atoms with E-state index in [9.17, 15) is 14.4 Å². The van der Waals surface area contributed by atoms with Crippen LogP contribution in [-0.2, 0) is 17.9 Å². The summed E-state index contributed by atoms with van der Waals surface area (Å²) in [7, 11) is 0. The maximum absolute atomic E-state index is 12.1. The van der Waals surface area contributed by atoms with Crippen LogP contribution in [0.2, 0.25) is 0 Å². The topological polar surface area (TPSA) is 81.3 Å². The van der Waals surface area contributed by atoms with Crippen LogP contribution in [0.5, 0.6) is 0 Å². The summed E-state index contributed by atoms with van der Waals surface area (Å²) >= 11 is 4.75. The number of aromatic nitrogens is 2. The minimum atomic E-state index is -1.12. The number of halogens is 1. The van der Waals surface area contributed by atoms with Gasteiger partial charge in [0.25, 0.3) is 5.56 Å². The van der Waals surface area contributed by atoms with E-state index >= 15 is 0 Å². The van der Waals surface area contributed by atoms with Crippen LogP contribution < -0.4 is 11.2 Å². The molecule has 0 saturated heterocycles. The van der Waals surface area contributed by atoms with E-state index < -0.39 is 23.8 Å². The Kier molecular flexibility index (Phi) is 5.86. The number of carbonyl (C=O) groups is 1. The van der Waals surface area contributed by atoms with Crippen molar-refractivity contribution in [1.29, 1.82) is 0 Å². The fraction of sp³-hybridized carbons (Fsp3) is 0.545. The number of thioether (sulfide) groups is 1. The van der Waals surface area contributed by atoms with Gasteiger partial charge < -0.3 is 5.11 Å². The zero-order chi connectivity index (χ0) is 14.6. The molecule has 0 atom stereocenters. The van der Waals surface area contributed by atoms with E-state index in [0.717, 1.165) is 14.9 Å². The highest BCUT2D eigenvalue weighted by molar-refractivity contribution is 9.10. The number of nitrogens with zero attached hydrogens (tertiary/aromatic N) is 2. The summed E-state index contributed by atoms with van der Waals surface area (Å²) < 4.78 is 2.40. The SMILES string of the molecule is CSCCCn1c(=O)c(Br)c(C)n(CC(=O)O)c1=O. The van der Waals surface area contributed by atoms with Crippen LogP contribution in [0, 0.1) is 6.92 Å². The molecule has 0 spiro atoms. The molecular weight excluding hydrogens is 336 g/mol. The molecule has 106 valence electrons. The average molecular weight is 351 g/mol. The lowest BCUT2D eigenvalue weighted by molar-refractivity contribution is -0.137. The lowest BCUT2D eigenvalue weighted by atomic mass is 10.4. The molecular formula is C11H15BrN2O4S. The normalized spacial score (nSPS) is 10.7. The van der Waals surface area contributed by atoms with Crippen LogP contribution >= 0.6 is 27.7 Å². The molecule has 1 rings (SSSR count). The van der Waals surface area contributed by atoms with Crippen molar-refractivity contribution in [2.45, 2.75) is 26.4 Å². The van der Waals surface area contributed by atoms with Crippen LogP contribution in [0.1, 0.15) is 12.1 Å². The van der Waals surface area contributed by atoms with E-state index in [4.69, 9.17) is 5.11 Å². The molecule has 0 bridgehead atoms. The molecule has 1 aromatic heterocycles. The predicted octanol–water partition coefficient (Wildman–Crippen LogP) is 0.919. The Labute approximate surface area is 122 Å². The third-order valence-corrected chi connectivity index (χ3v) is 4.25. The zero-order valence-electron chi connectivity index (χ0n) is 10.7. The molecule has 19 heavy (non-hydrogen) atoms. The van der Waals surface area contributed by atoms with E-state index in [1.807, 2.05) is 6.26 Å². The molecule has 0 amide bonds. The van der Waals surface area contributed by atoms with Crippen molar-refractivity contribution < 1.29 is 9.90 Å². The van der Waals surface area contributed by atoms with Gasteiger partial charge in [-0.1, -0.05) is 0 Å². The van der Waals surface area contributed by atoms with Gasteiger partial charge in [0.05, 0.1) is 0 Å². The van der Waals surface area contributed by atoms with Crippen molar-refractivity contribution >= 4 is 33.7 Å². The Bertz CT molecular complexity index is 594. The quantitative estimate of drug-likeness (QED) is 0.771. The van der Waals surface area contributed by atoms with Crippen molar-refractivity contribution in [2.24, 2.45) is 0 Å². The number of hydrogen-bond acceptors (Lipinski definition) is 4. The molecule has 1 heterocycles. The zero-order valence-corrected chi connectivity index (χ0v) is 13.1. The molecule has 0 aliphatic carbocycles. The van der Waals surface area contributed by atoms with Gasteiger partial charge in [-0.15, -0.1) is 0 Å². The van der Waals surface area contributed by atoms with Crippen LogP contribution in [0.25, 0.3) is 0 Å². The van der Waals surface area contributed by atoms with Crippen molar-refractivity contribution in [1.82, 2.24) is 9.13 Å². The first-order valence-electron chi connectivity index (χ1n) is 5.60. The molecule has 0 unspecified atom stereocenters. The minimum absolute atomic E-state index is 0.234. The van der Waals surface area contributed by atoms with E-state index in [-0.39, 0.29) is 11.0 Å². The summed E-state index contributed by atoms with van der Waals surface area (Å²) in [6.07, 6.45) is 2.62. The Morgan fingerprint density at radius 3 is 2.53 bits per heavy atom. The molecule has 0 radical (unpaired) electrons. The number of aliphatic carboxylic acids is 1. The lowest BCUT2D eigenvalue weighted by Crippen LogP contribution is -2.42. The van der Waals surface area contributed by atoms with Crippen LogP contribution in [-0.4, -0.2) is 32.2 Å². The van der Waals surface area contributed by atoms with Crippen LogP contribution in [0.4, 0.5) is 0 Å². The van der Waals surface area contributed by atoms with E-state index in [2.05, 4.69) is 15.9 Å². The largest absolute Gasteiger partial charge is 0.480 e. The number of hydrogen-bond donors (Lipinski definition) is 1. The second-order valence-corrected chi connectivity index (χ2v) is 5.74. The molecule has 1 aromatic rings. The highest BCUT2D eigenvalue weighted by Crippen LogP contribution is 2.08. The predicted molar refractivity (Wildman–Crippen MR) is 78.0 cm³/mol. The van der Waals surface area contributed by atoms with Crippen molar-refractivity contribution in [2.75, 3.05) is 12.0 Å². The first-order chi connectivity index (χ1) is 8.90. The molecule has 0 aliphatic rings. The summed E-state index contributed by atoms with van der Waals surface area (Å²) in [6.45, 7) is 1.38. The second-order valence-electron chi connectivity index (χ2n) is 3.96. The van der Waals surface area contributed by atoms with Gasteiger partial charge >= 0.3 is 11.7 Å². The summed E-state index contributed by atoms with van der Waals surface area (Å²) in [5.74, 6) is -0.289. The number of rotatable bonds is 6. The fourth-order valence-electron chi connectivity index (χ4n) is 1.65. The lowest BCUT2D eigenvalue weighted by Gasteiger charge is -2.13. The van der Waals surface area contributed by atoms with Gasteiger partial charge in [0.1, 0.15) is 11.0 Å². The van der Waals surface area contributed by atoms with Crippen molar-refractivity contribution in [3.63, 3.8) is 0 Å². The highest BCUT2D eigenvalue weighted by atomic mass is 79.9. The van der Waals surface area contributed by atoms with E-state index in [1.165, 1.54) is 0 Å². The van der Waals surface area contributed by atoms with Gasteiger partial charge in [-0.05, 0) is 41.3 Å². The van der Waals surface area contributed by atoms with E-state index in [0.29, 0.717) is 12.1 Å². The smallest absolute Gasteiger partial charge is 0.331 e. The van der Waals surface area contributed by atoms with Gasteiger partial charge in [-0.25, -0.2) is 4.79 Å². The van der Waals surface area contributed by atoms with Crippen LogP contribution in [0.15, 0.2) is 14.1 Å². The Balaban J connectivity index is 3.31. The van der Waals surface area contributed by atoms with Gasteiger partial charge in [0, 0.05) is 12.2 Å². The molecule has 1 N–H and O–H groups in total. The molecule has 6 nitrogen and oxygen atoms in total. The summed E-state index contributed by atoms with van der Waals surface area (Å²) in [5, 5.41) is 8.82. The van der Waals surface area contributed by atoms with Gasteiger partial charge in [-0.3, -0.25) is 18.7 Å². The molecule has 0 fully saturated rings. The Hall–Kier alpha value is -1.02. The maximum atomic E-state index is 12.1. The summed E-state index contributed by atoms with van der Waals surface area (Å²) in [6, 6.07) is 0.